The minimum atomic E-state index is -0.648. The number of amides is 1. The van der Waals surface area contributed by atoms with E-state index < -0.39 is 17.6 Å². The molecule has 0 fully saturated rings. The number of pyridine rings is 1. The molecule has 1 amide bonds. The van der Waals surface area contributed by atoms with E-state index in [4.69, 9.17) is 4.74 Å². The highest BCUT2D eigenvalue weighted by Gasteiger charge is 2.22. The first kappa shape index (κ1) is 16.1. The fourth-order valence-electron chi connectivity index (χ4n) is 1.55. The van der Waals surface area contributed by atoms with Crippen LogP contribution in [0.1, 0.15) is 39.8 Å². The van der Waals surface area contributed by atoms with Gasteiger partial charge in [0.2, 0.25) is 5.91 Å². The lowest BCUT2D eigenvalue weighted by Crippen LogP contribution is -2.42. The van der Waals surface area contributed by atoms with Crippen molar-refractivity contribution in [3.8, 4) is 0 Å². The van der Waals surface area contributed by atoms with Gasteiger partial charge in [0.15, 0.2) is 0 Å². The molecule has 1 aromatic rings. The van der Waals surface area contributed by atoms with E-state index in [-0.39, 0.29) is 5.91 Å². The molecular weight excluding hydrogens is 256 g/mol. The van der Waals surface area contributed by atoms with Crippen molar-refractivity contribution in [2.45, 2.75) is 52.2 Å². The van der Waals surface area contributed by atoms with Crippen LogP contribution >= 0.6 is 0 Å². The van der Waals surface area contributed by atoms with Crippen LogP contribution in [0.5, 0.6) is 0 Å². The number of nitrogens with one attached hydrogen (secondary N) is 1. The third-order valence-electron chi connectivity index (χ3n) is 2.47. The van der Waals surface area contributed by atoms with Crippen molar-refractivity contribution < 1.29 is 14.3 Å². The van der Waals surface area contributed by atoms with Gasteiger partial charge in [0.1, 0.15) is 11.6 Å². The van der Waals surface area contributed by atoms with Gasteiger partial charge in [-0.3, -0.25) is 9.78 Å². The molecule has 5 nitrogen and oxygen atoms in total. The Morgan fingerprint density at radius 2 is 2.05 bits per heavy atom. The fraction of sp³-hybridized carbons (Fsp3) is 0.533. The molecule has 0 aliphatic rings. The lowest BCUT2D eigenvalue weighted by Gasteiger charge is -2.22. The summed E-state index contributed by atoms with van der Waals surface area (Å²) in [5, 5.41) is 2.63. The lowest BCUT2D eigenvalue weighted by atomic mass is 10.2. The summed E-state index contributed by atoms with van der Waals surface area (Å²) in [5.74, 6) is -0.613. The van der Waals surface area contributed by atoms with Crippen molar-refractivity contribution >= 4 is 11.9 Å². The van der Waals surface area contributed by atoms with E-state index in [9.17, 15) is 9.59 Å². The van der Waals surface area contributed by atoms with Gasteiger partial charge in [-0.05, 0) is 46.2 Å². The van der Waals surface area contributed by atoms with Crippen LogP contribution in [-0.2, 0) is 20.7 Å². The van der Waals surface area contributed by atoms with Gasteiger partial charge in [0.05, 0.1) is 0 Å². The van der Waals surface area contributed by atoms with Crippen LogP contribution in [0.3, 0.4) is 0 Å². The zero-order valence-corrected chi connectivity index (χ0v) is 12.5. The molecule has 0 saturated carbocycles. The first-order valence-corrected chi connectivity index (χ1v) is 6.70. The number of rotatable bonds is 5. The van der Waals surface area contributed by atoms with Crippen molar-refractivity contribution in [1.29, 1.82) is 0 Å². The SMILES string of the molecule is C[C@@H](NC(=O)CCc1ccccn1)C(=O)OC(C)(C)C. The number of esters is 1. The van der Waals surface area contributed by atoms with Crippen LogP contribution in [0.4, 0.5) is 0 Å². The van der Waals surface area contributed by atoms with Gasteiger partial charge in [-0.2, -0.15) is 0 Å². The second-order valence-electron chi connectivity index (χ2n) is 5.64. The Hall–Kier alpha value is -1.91. The summed E-state index contributed by atoms with van der Waals surface area (Å²) in [6.07, 6.45) is 2.54. The third-order valence-corrected chi connectivity index (χ3v) is 2.47. The second-order valence-corrected chi connectivity index (χ2v) is 5.64. The fourth-order valence-corrected chi connectivity index (χ4v) is 1.55. The van der Waals surface area contributed by atoms with Crippen LogP contribution in [0.2, 0.25) is 0 Å². The summed E-state index contributed by atoms with van der Waals surface area (Å²) in [6, 6.07) is 4.92. The number of ether oxygens (including phenoxy) is 1. The van der Waals surface area contributed by atoms with Crippen molar-refractivity contribution in [1.82, 2.24) is 10.3 Å². The quantitative estimate of drug-likeness (QED) is 0.835. The Kier molecular flexibility index (Phi) is 5.67. The van der Waals surface area contributed by atoms with Crippen molar-refractivity contribution in [3.63, 3.8) is 0 Å². The van der Waals surface area contributed by atoms with Gasteiger partial charge < -0.3 is 10.1 Å². The minimum Gasteiger partial charge on any atom is -0.458 e. The summed E-state index contributed by atoms with van der Waals surface area (Å²) in [6.45, 7) is 6.99. The molecule has 0 saturated heterocycles. The average molecular weight is 278 g/mol. The number of aryl methyl sites for hydroxylation is 1. The molecule has 0 bridgehead atoms. The summed E-state index contributed by atoms with van der Waals surface area (Å²) < 4.78 is 5.20. The van der Waals surface area contributed by atoms with Gasteiger partial charge in [-0.1, -0.05) is 6.07 Å². The second kappa shape index (κ2) is 7.03. The molecule has 0 aliphatic heterocycles. The predicted molar refractivity (Wildman–Crippen MR) is 76.0 cm³/mol. The zero-order valence-electron chi connectivity index (χ0n) is 12.5. The Morgan fingerprint density at radius 3 is 2.60 bits per heavy atom. The van der Waals surface area contributed by atoms with Gasteiger partial charge in [0, 0.05) is 18.3 Å². The van der Waals surface area contributed by atoms with Gasteiger partial charge >= 0.3 is 5.97 Å². The monoisotopic (exact) mass is 278 g/mol. The van der Waals surface area contributed by atoms with Crippen LogP contribution in [0, 0.1) is 0 Å². The van der Waals surface area contributed by atoms with E-state index in [1.165, 1.54) is 0 Å². The standard InChI is InChI=1S/C15H22N2O3/c1-11(14(19)20-15(2,3)4)17-13(18)9-8-12-7-5-6-10-16-12/h5-7,10-11H,8-9H2,1-4H3,(H,17,18)/t11-/m1/s1. The first-order chi connectivity index (χ1) is 9.28. The van der Waals surface area contributed by atoms with E-state index in [0.717, 1.165) is 5.69 Å². The number of hydrogen-bond acceptors (Lipinski definition) is 4. The molecular formula is C15H22N2O3. The molecule has 0 spiro atoms. The number of hydrogen-bond donors (Lipinski definition) is 1. The molecule has 0 aromatic carbocycles. The van der Waals surface area contributed by atoms with Crippen LogP contribution in [0.25, 0.3) is 0 Å². The molecule has 0 aliphatic carbocycles. The van der Waals surface area contributed by atoms with Crippen molar-refractivity contribution in [2.24, 2.45) is 0 Å². The zero-order chi connectivity index (χ0) is 15.2. The molecule has 0 unspecified atom stereocenters. The molecule has 20 heavy (non-hydrogen) atoms. The molecule has 110 valence electrons. The maximum atomic E-state index is 11.8. The average Bonchev–Trinajstić information content (AvgIpc) is 2.35. The van der Waals surface area contributed by atoms with Crippen molar-refractivity contribution in [2.75, 3.05) is 0 Å². The minimum absolute atomic E-state index is 0.186. The Morgan fingerprint density at radius 1 is 1.35 bits per heavy atom. The van der Waals surface area contributed by atoms with Crippen LogP contribution in [0.15, 0.2) is 24.4 Å². The molecule has 0 radical (unpaired) electrons. The van der Waals surface area contributed by atoms with Gasteiger partial charge in [0.25, 0.3) is 0 Å². The van der Waals surface area contributed by atoms with Gasteiger partial charge in [-0.15, -0.1) is 0 Å². The summed E-state index contributed by atoms with van der Waals surface area (Å²) in [5.41, 5.74) is 0.303. The molecule has 1 rings (SSSR count). The Labute approximate surface area is 119 Å². The van der Waals surface area contributed by atoms with Crippen LogP contribution in [-0.4, -0.2) is 28.5 Å². The number of carbonyl (C=O) groups is 2. The number of aromatic nitrogens is 1. The highest BCUT2D eigenvalue weighted by Crippen LogP contribution is 2.08. The Balaban J connectivity index is 2.36. The third kappa shape index (κ3) is 6.31. The topological polar surface area (TPSA) is 68.3 Å². The number of nitrogens with zero attached hydrogens (tertiary/aromatic N) is 1. The molecule has 1 N–H and O–H groups in total. The van der Waals surface area contributed by atoms with E-state index >= 15 is 0 Å². The molecule has 1 aromatic heterocycles. The van der Waals surface area contributed by atoms with Crippen LogP contribution < -0.4 is 5.32 Å². The normalized spacial score (nSPS) is 12.6. The van der Waals surface area contributed by atoms with E-state index in [1.54, 1.807) is 33.9 Å². The smallest absolute Gasteiger partial charge is 0.328 e. The summed E-state index contributed by atoms with van der Waals surface area (Å²) in [4.78, 5) is 27.6. The lowest BCUT2D eigenvalue weighted by molar-refractivity contribution is -0.158. The molecule has 1 heterocycles. The van der Waals surface area contributed by atoms with E-state index in [2.05, 4.69) is 10.3 Å². The largest absolute Gasteiger partial charge is 0.458 e. The van der Waals surface area contributed by atoms with E-state index in [1.807, 2.05) is 18.2 Å². The maximum Gasteiger partial charge on any atom is 0.328 e. The highest BCUT2D eigenvalue weighted by atomic mass is 16.6. The van der Waals surface area contributed by atoms with Crippen molar-refractivity contribution in [3.05, 3.63) is 30.1 Å². The summed E-state index contributed by atoms with van der Waals surface area (Å²) in [7, 11) is 0. The molecule has 1 atom stereocenters. The molecule has 5 heteroatoms. The van der Waals surface area contributed by atoms with Gasteiger partial charge in [-0.25, -0.2) is 4.79 Å². The number of carbonyl (C=O) groups excluding carboxylic acids is 2. The first-order valence-electron chi connectivity index (χ1n) is 6.70. The summed E-state index contributed by atoms with van der Waals surface area (Å²) >= 11 is 0. The van der Waals surface area contributed by atoms with E-state index in [0.29, 0.717) is 12.8 Å². The maximum absolute atomic E-state index is 11.8. The highest BCUT2D eigenvalue weighted by molar-refractivity contribution is 5.84. The Bertz CT molecular complexity index is 452. The predicted octanol–water partition coefficient (Wildman–Crippen LogP) is 1.86.